The van der Waals surface area contributed by atoms with Gasteiger partial charge >= 0.3 is 0 Å². The maximum absolute atomic E-state index is 10.7. The zero-order valence-electron chi connectivity index (χ0n) is 21.3. The molecule has 5 rings (SSSR count). The Balaban J connectivity index is 0.000000147. The monoisotopic (exact) mass is 530 g/mol. The molecule has 2 saturated carbocycles. The van der Waals surface area contributed by atoms with Crippen molar-refractivity contribution in [2.45, 2.75) is 38.0 Å². The van der Waals surface area contributed by atoms with Crippen molar-refractivity contribution in [2.75, 3.05) is 72.3 Å². The molecule has 4 fully saturated rings. The van der Waals surface area contributed by atoms with Crippen molar-refractivity contribution in [1.29, 1.82) is 0 Å². The van der Waals surface area contributed by atoms with Crippen LogP contribution in [-0.2, 0) is 18.5 Å². The molecule has 2 aliphatic carbocycles. The van der Waals surface area contributed by atoms with Gasteiger partial charge in [-0.2, -0.15) is 0 Å². The van der Waals surface area contributed by atoms with E-state index in [0.29, 0.717) is 12.5 Å². The summed E-state index contributed by atoms with van der Waals surface area (Å²) in [6.07, 6.45) is 4.09. The SMILES string of the molecule is CC[C@H]1C[C@@H]1CN1CCOCC1.Cc1ccc(S(=O)(=O)Cl)cc1.OC[C@H]1C[C@@H]1CN1CCOCC1. The first-order valence-corrected chi connectivity index (χ1v) is 15.3. The Morgan fingerprint density at radius 3 is 1.69 bits per heavy atom. The number of hydrogen-bond donors (Lipinski definition) is 1. The Morgan fingerprint density at radius 2 is 1.31 bits per heavy atom. The molecule has 1 N–H and O–H groups in total. The number of rotatable bonds is 7. The highest BCUT2D eigenvalue weighted by Crippen LogP contribution is 2.41. The second-order valence-electron chi connectivity index (χ2n) is 10.2. The van der Waals surface area contributed by atoms with Crippen LogP contribution in [-0.4, -0.2) is 95.6 Å². The molecule has 0 unspecified atom stereocenters. The fourth-order valence-electron chi connectivity index (χ4n) is 4.72. The third kappa shape index (κ3) is 10.6. The van der Waals surface area contributed by atoms with Gasteiger partial charge in [-0.25, -0.2) is 8.42 Å². The van der Waals surface area contributed by atoms with Crippen molar-refractivity contribution in [1.82, 2.24) is 9.80 Å². The zero-order valence-corrected chi connectivity index (χ0v) is 22.9. The molecule has 2 saturated heterocycles. The molecule has 0 bridgehead atoms. The number of halogens is 1. The van der Waals surface area contributed by atoms with E-state index in [0.717, 1.165) is 75.9 Å². The summed E-state index contributed by atoms with van der Waals surface area (Å²) < 4.78 is 32.0. The van der Waals surface area contributed by atoms with E-state index >= 15 is 0 Å². The summed E-state index contributed by atoms with van der Waals surface area (Å²) in [7, 11) is 1.54. The number of aliphatic hydroxyl groups excluding tert-OH is 1. The van der Waals surface area contributed by atoms with Crippen molar-refractivity contribution in [3.05, 3.63) is 29.8 Å². The minimum atomic E-state index is -3.55. The predicted octanol–water partition coefficient (Wildman–Crippen LogP) is 3.23. The second kappa shape index (κ2) is 14.3. The molecular formula is C26H43ClN2O5S. The average Bonchev–Trinajstić information content (AvgIpc) is 3.78. The van der Waals surface area contributed by atoms with Crippen molar-refractivity contribution in [3.8, 4) is 0 Å². The van der Waals surface area contributed by atoms with Gasteiger partial charge in [0.25, 0.3) is 9.05 Å². The van der Waals surface area contributed by atoms with Gasteiger partial charge in [-0.15, -0.1) is 0 Å². The Morgan fingerprint density at radius 1 is 0.857 bits per heavy atom. The van der Waals surface area contributed by atoms with Crippen LogP contribution in [0.5, 0.6) is 0 Å². The van der Waals surface area contributed by atoms with Gasteiger partial charge in [-0.05, 0) is 55.6 Å². The Labute approximate surface area is 216 Å². The Bertz CT molecular complexity index is 808. The molecular weight excluding hydrogens is 488 g/mol. The highest BCUT2D eigenvalue weighted by molar-refractivity contribution is 8.13. The fraction of sp³-hybridized carbons (Fsp3) is 0.769. The van der Waals surface area contributed by atoms with Gasteiger partial charge in [0.1, 0.15) is 0 Å². The van der Waals surface area contributed by atoms with Crippen LogP contribution in [0.15, 0.2) is 29.2 Å². The molecule has 0 aromatic heterocycles. The lowest BCUT2D eigenvalue weighted by atomic mass is 10.2. The number of aryl methyl sites for hydroxylation is 1. The normalized spacial score (nSPS) is 28.8. The highest BCUT2D eigenvalue weighted by atomic mass is 35.7. The van der Waals surface area contributed by atoms with Crippen LogP contribution in [0.2, 0.25) is 0 Å². The number of morpholine rings is 2. The maximum Gasteiger partial charge on any atom is 0.261 e. The molecule has 1 aromatic carbocycles. The fourth-order valence-corrected chi connectivity index (χ4v) is 5.49. The summed E-state index contributed by atoms with van der Waals surface area (Å²) in [6, 6.07) is 6.37. The van der Waals surface area contributed by atoms with E-state index in [1.54, 1.807) is 12.1 Å². The molecule has 1 aromatic rings. The number of ether oxygens (including phenoxy) is 2. The van der Waals surface area contributed by atoms with Crippen molar-refractivity contribution in [3.63, 3.8) is 0 Å². The lowest BCUT2D eigenvalue weighted by Crippen LogP contribution is -2.37. The zero-order chi connectivity index (χ0) is 25.3. The molecule has 0 spiro atoms. The van der Waals surface area contributed by atoms with Crippen LogP contribution in [0, 0.1) is 30.6 Å². The van der Waals surface area contributed by atoms with Crippen LogP contribution in [0.4, 0.5) is 0 Å². The minimum Gasteiger partial charge on any atom is -0.396 e. The maximum atomic E-state index is 10.7. The summed E-state index contributed by atoms with van der Waals surface area (Å²) in [5, 5.41) is 8.86. The van der Waals surface area contributed by atoms with Gasteiger partial charge in [0.2, 0.25) is 0 Å². The summed E-state index contributed by atoms with van der Waals surface area (Å²) in [5.41, 5.74) is 1.01. The molecule has 4 aliphatic rings. The summed E-state index contributed by atoms with van der Waals surface area (Å²) in [5.74, 6) is 3.45. The molecule has 200 valence electrons. The third-order valence-electron chi connectivity index (χ3n) is 7.39. The molecule has 0 amide bonds. The first-order chi connectivity index (χ1) is 16.8. The molecule has 9 heteroatoms. The summed E-state index contributed by atoms with van der Waals surface area (Å²) >= 11 is 0. The first-order valence-electron chi connectivity index (χ1n) is 13.0. The number of hydrogen-bond acceptors (Lipinski definition) is 7. The molecule has 2 heterocycles. The average molecular weight is 531 g/mol. The highest BCUT2D eigenvalue weighted by Gasteiger charge is 2.37. The predicted molar refractivity (Wildman–Crippen MR) is 139 cm³/mol. The number of aliphatic hydroxyl groups is 1. The number of benzene rings is 1. The van der Waals surface area contributed by atoms with Crippen molar-refractivity contribution in [2.24, 2.45) is 23.7 Å². The number of nitrogens with zero attached hydrogens (tertiary/aromatic N) is 2. The van der Waals surface area contributed by atoms with E-state index in [9.17, 15) is 8.42 Å². The van der Waals surface area contributed by atoms with Crippen molar-refractivity contribution < 1.29 is 23.0 Å². The third-order valence-corrected chi connectivity index (χ3v) is 8.76. The molecule has 4 atom stereocenters. The molecule has 35 heavy (non-hydrogen) atoms. The van der Waals surface area contributed by atoms with Crippen molar-refractivity contribution >= 4 is 19.7 Å². The quantitative estimate of drug-likeness (QED) is 0.542. The van der Waals surface area contributed by atoms with Gasteiger partial charge in [0.05, 0.1) is 31.3 Å². The lowest BCUT2D eigenvalue weighted by Gasteiger charge is -2.26. The van der Waals surface area contributed by atoms with E-state index in [2.05, 4.69) is 16.7 Å². The van der Waals surface area contributed by atoms with Gasteiger partial charge < -0.3 is 14.6 Å². The van der Waals surface area contributed by atoms with E-state index in [4.69, 9.17) is 25.3 Å². The van der Waals surface area contributed by atoms with Crippen LogP contribution in [0.25, 0.3) is 0 Å². The van der Waals surface area contributed by atoms with Gasteiger partial charge in [-0.3, -0.25) is 9.80 Å². The van der Waals surface area contributed by atoms with Gasteiger partial charge in [-0.1, -0.05) is 31.0 Å². The smallest absolute Gasteiger partial charge is 0.261 e. The Hall–Kier alpha value is -0.740. The van der Waals surface area contributed by atoms with E-state index < -0.39 is 9.05 Å². The topological polar surface area (TPSA) is 79.3 Å². The Kier molecular flexibility index (Phi) is 11.7. The standard InChI is InChI=1S/C10H19NO.C9H17NO2.C7H7ClO2S/c1-2-9-7-10(9)8-11-3-5-12-6-4-11;11-7-9-5-8(9)6-10-1-3-12-4-2-10;1-6-2-4-7(5-3-6)11(8,9)10/h9-10H,2-8H2,1H3;8-9,11H,1-7H2;2-5H,1H3/t9-,10+;8-,9-;/m01./s1. The summed E-state index contributed by atoms with van der Waals surface area (Å²) in [6.45, 7) is 15.2. The first kappa shape index (κ1) is 28.8. The van der Waals surface area contributed by atoms with Crippen LogP contribution < -0.4 is 0 Å². The summed E-state index contributed by atoms with van der Waals surface area (Å²) in [4.78, 5) is 5.15. The van der Waals surface area contributed by atoms with Crippen LogP contribution >= 0.6 is 10.7 Å². The minimum absolute atomic E-state index is 0.143. The molecule has 2 aliphatic heterocycles. The molecule has 0 radical (unpaired) electrons. The largest absolute Gasteiger partial charge is 0.396 e. The van der Waals surface area contributed by atoms with Crippen LogP contribution in [0.1, 0.15) is 31.7 Å². The molecule has 7 nitrogen and oxygen atoms in total. The second-order valence-corrected chi connectivity index (χ2v) is 12.7. The van der Waals surface area contributed by atoms with E-state index in [1.807, 2.05) is 6.92 Å². The van der Waals surface area contributed by atoms with E-state index in [-0.39, 0.29) is 4.90 Å². The van der Waals surface area contributed by atoms with Gasteiger partial charge in [0, 0.05) is 56.6 Å². The van der Waals surface area contributed by atoms with Crippen LogP contribution in [0.3, 0.4) is 0 Å². The lowest BCUT2D eigenvalue weighted by molar-refractivity contribution is 0.0347. The van der Waals surface area contributed by atoms with Gasteiger partial charge in [0.15, 0.2) is 0 Å². The van der Waals surface area contributed by atoms with E-state index in [1.165, 1.54) is 44.5 Å².